The number of nitrogens with one attached hydrogen (secondary N) is 2. The van der Waals surface area contributed by atoms with Gasteiger partial charge >= 0.3 is 0 Å². The number of rotatable bonds is 8. The molecule has 0 bridgehead atoms. The van der Waals surface area contributed by atoms with Gasteiger partial charge in [0.25, 0.3) is 15.9 Å². The maximum Gasteiger partial charge on any atom is 0.262 e. The fourth-order valence-corrected chi connectivity index (χ4v) is 3.83. The third-order valence-corrected chi connectivity index (χ3v) is 5.79. The van der Waals surface area contributed by atoms with Gasteiger partial charge in [-0.15, -0.1) is 0 Å². The standard InChI is InChI=1S/C22H19ClN2O5S/c1-15(26)16-5-11-20(12-6-16)30-14-22(27)24-19-3-2-4-21(13-19)31(28,29)25-18-9-7-17(23)8-10-18/h2-13,25H,14H2,1H3,(H,24,27). The minimum Gasteiger partial charge on any atom is -0.484 e. The number of Topliss-reactive ketones (excluding diaryl/α,β-unsaturated/α-hetero) is 1. The summed E-state index contributed by atoms with van der Waals surface area (Å²) in [5, 5.41) is 3.09. The van der Waals surface area contributed by atoms with Gasteiger partial charge in [0, 0.05) is 22.0 Å². The van der Waals surface area contributed by atoms with Crippen LogP contribution in [0.1, 0.15) is 17.3 Å². The first-order valence-corrected chi connectivity index (χ1v) is 11.0. The van der Waals surface area contributed by atoms with Crippen LogP contribution in [0.15, 0.2) is 77.7 Å². The lowest BCUT2D eigenvalue weighted by Crippen LogP contribution is -2.20. The van der Waals surface area contributed by atoms with E-state index >= 15 is 0 Å². The van der Waals surface area contributed by atoms with Gasteiger partial charge in [-0.3, -0.25) is 14.3 Å². The number of sulfonamides is 1. The van der Waals surface area contributed by atoms with E-state index in [4.69, 9.17) is 16.3 Å². The lowest BCUT2D eigenvalue weighted by atomic mass is 10.1. The molecule has 0 aliphatic carbocycles. The first-order chi connectivity index (χ1) is 14.7. The maximum absolute atomic E-state index is 12.6. The number of hydrogen-bond donors (Lipinski definition) is 2. The molecule has 2 N–H and O–H groups in total. The highest BCUT2D eigenvalue weighted by Crippen LogP contribution is 2.21. The summed E-state index contributed by atoms with van der Waals surface area (Å²) < 4.78 is 33.1. The van der Waals surface area contributed by atoms with Crippen LogP contribution >= 0.6 is 11.6 Å². The van der Waals surface area contributed by atoms with Crippen molar-refractivity contribution in [1.82, 2.24) is 0 Å². The number of carbonyl (C=O) groups excluding carboxylic acids is 2. The third-order valence-electron chi connectivity index (χ3n) is 4.16. The monoisotopic (exact) mass is 458 g/mol. The number of anilines is 2. The predicted octanol–water partition coefficient (Wildman–Crippen LogP) is 4.36. The van der Waals surface area contributed by atoms with Crippen molar-refractivity contribution < 1.29 is 22.7 Å². The molecule has 0 aromatic heterocycles. The second-order valence-electron chi connectivity index (χ2n) is 6.56. The van der Waals surface area contributed by atoms with Crippen molar-refractivity contribution in [3.63, 3.8) is 0 Å². The molecular weight excluding hydrogens is 440 g/mol. The first kappa shape index (κ1) is 22.3. The van der Waals surface area contributed by atoms with Crippen LogP contribution in [0.5, 0.6) is 5.75 Å². The van der Waals surface area contributed by atoms with Crippen molar-refractivity contribution in [2.45, 2.75) is 11.8 Å². The number of hydrogen-bond acceptors (Lipinski definition) is 5. The van der Waals surface area contributed by atoms with E-state index in [1.807, 2.05) is 0 Å². The van der Waals surface area contributed by atoms with Crippen molar-refractivity contribution in [3.05, 3.63) is 83.4 Å². The molecule has 0 aliphatic heterocycles. The molecule has 3 aromatic carbocycles. The van der Waals surface area contributed by atoms with Gasteiger partial charge in [-0.25, -0.2) is 8.42 Å². The number of carbonyl (C=O) groups is 2. The summed E-state index contributed by atoms with van der Waals surface area (Å²) in [6.07, 6.45) is 0. The molecule has 31 heavy (non-hydrogen) atoms. The van der Waals surface area contributed by atoms with E-state index in [2.05, 4.69) is 10.0 Å². The summed E-state index contributed by atoms with van der Waals surface area (Å²) in [4.78, 5) is 23.4. The quantitative estimate of drug-likeness (QED) is 0.488. The number of ketones is 1. The zero-order valence-corrected chi connectivity index (χ0v) is 18.0. The highest BCUT2D eigenvalue weighted by molar-refractivity contribution is 7.92. The molecule has 9 heteroatoms. The van der Waals surface area contributed by atoms with Crippen molar-refractivity contribution in [1.29, 1.82) is 0 Å². The SMILES string of the molecule is CC(=O)c1ccc(OCC(=O)Nc2cccc(S(=O)(=O)Nc3ccc(Cl)cc3)c2)cc1. The molecule has 0 heterocycles. The second-order valence-corrected chi connectivity index (χ2v) is 8.68. The lowest BCUT2D eigenvalue weighted by molar-refractivity contribution is -0.118. The molecule has 3 rings (SSSR count). The molecule has 0 saturated heterocycles. The van der Waals surface area contributed by atoms with Gasteiger partial charge in [0.2, 0.25) is 0 Å². The van der Waals surface area contributed by atoms with Crippen LogP contribution in [0.2, 0.25) is 5.02 Å². The van der Waals surface area contributed by atoms with Crippen LogP contribution < -0.4 is 14.8 Å². The zero-order valence-electron chi connectivity index (χ0n) is 16.5. The summed E-state index contributed by atoms with van der Waals surface area (Å²) in [7, 11) is -3.85. The fourth-order valence-electron chi connectivity index (χ4n) is 2.60. The van der Waals surface area contributed by atoms with Gasteiger partial charge in [-0.1, -0.05) is 17.7 Å². The predicted molar refractivity (Wildman–Crippen MR) is 119 cm³/mol. The van der Waals surface area contributed by atoms with E-state index in [1.165, 1.54) is 25.1 Å². The van der Waals surface area contributed by atoms with Gasteiger partial charge in [-0.2, -0.15) is 0 Å². The smallest absolute Gasteiger partial charge is 0.262 e. The van der Waals surface area contributed by atoms with Crippen LogP contribution in [0, 0.1) is 0 Å². The van der Waals surface area contributed by atoms with Crippen molar-refractivity contribution in [2.24, 2.45) is 0 Å². The average Bonchev–Trinajstić information content (AvgIpc) is 2.74. The Bertz CT molecular complexity index is 1190. The molecule has 0 saturated carbocycles. The summed E-state index contributed by atoms with van der Waals surface area (Å²) >= 11 is 5.81. The number of ether oxygens (including phenoxy) is 1. The van der Waals surface area contributed by atoms with Crippen molar-refractivity contribution >= 4 is 44.7 Å². The molecule has 160 valence electrons. The van der Waals surface area contributed by atoms with Crippen LogP contribution in [0.3, 0.4) is 0 Å². The number of amides is 1. The second kappa shape index (κ2) is 9.63. The van der Waals surface area contributed by atoms with Gasteiger partial charge in [0.1, 0.15) is 5.75 Å². The fraction of sp³-hybridized carbons (Fsp3) is 0.0909. The highest BCUT2D eigenvalue weighted by Gasteiger charge is 2.15. The minimum atomic E-state index is -3.85. The first-order valence-electron chi connectivity index (χ1n) is 9.15. The van der Waals surface area contributed by atoms with Crippen LogP contribution in [0.25, 0.3) is 0 Å². The topological polar surface area (TPSA) is 102 Å². The molecule has 0 spiro atoms. The molecule has 0 unspecified atom stereocenters. The molecule has 0 fully saturated rings. The normalized spacial score (nSPS) is 10.9. The van der Waals surface area contributed by atoms with Gasteiger partial charge in [-0.05, 0) is 73.7 Å². The maximum atomic E-state index is 12.6. The van der Waals surface area contributed by atoms with E-state index in [0.29, 0.717) is 27.7 Å². The summed E-state index contributed by atoms with van der Waals surface area (Å²) in [5.41, 5.74) is 1.21. The molecule has 0 atom stereocenters. The van der Waals surface area contributed by atoms with Crippen LogP contribution in [0.4, 0.5) is 11.4 Å². The molecule has 1 amide bonds. The highest BCUT2D eigenvalue weighted by atomic mass is 35.5. The van der Waals surface area contributed by atoms with E-state index in [0.717, 1.165) is 0 Å². The number of benzene rings is 3. The Labute approximate surface area is 185 Å². The van der Waals surface area contributed by atoms with E-state index in [1.54, 1.807) is 54.6 Å². The Morgan fingerprint density at radius 3 is 2.26 bits per heavy atom. The molecule has 7 nitrogen and oxygen atoms in total. The average molecular weight is 459 g/mol. The van der Waals surface area contributed by atoms with E-state index in [9.17, 15) is 18.0 Å². The van der Waals surface area contributed by atoms with Crippen LogP contribution in [-0.4, -0.2) is 26.7 Å². The minimum absolute atomic E-state index is 0.0130. The van der Waals surface area contributed by atoms with Gasteiger partial charge < -0.3 is 10.1 Å². The Balaban J connectivity index is 1.62. The largest absolute Gasteiger partial charge is 0.484 e. The van der Waals surface area contributed by atoms with Crippen LogP contribution in [-0.2, 0) is 14.8 Å². The Kier molecular flexibility index (Phi) is 6.94. The summed E-state index contributed by atoms with van der Waals surface area (Å²) in [6.45, 7) is 1.18. The van der Waals surface area contributed by atoms with E-state index in [-0.39, 0.29) is 17.3 Å². The molecule has 3 aromatic rings. The summed E-state index contributed by atoms with van der Waals surface area (Å²) in [5.74, 6) is -0.0934. The van der Waals surface area contributed by atoms with Crippen molar-refractivity contribution in [3.8, 4) is 5.75 Å². The van der Waals surface area contributed by atoms with E-state index < -0.39 is 15.9 Å². The van der Waals surface area contributed by atoms with Gasteiger partial charge in [0.15, 0.2) is 12.4 Å². The molecule has 0 aliphatic rings. The molecule has 0 radical (unpaired) electrons. The van der Waals surface area contributed by atoms with Gasteiger partial charge in [0.05, 0.1) is 4.90 Å². The Morgan fingerprint density at radius 1 is 0.935 bits per heavy atom. The Morgan fingerprint density at radius 2 is 1.61 bits per heavy atom. The third kappa shape index (κ3) is 6.31. The number of halogens is 1. The zero-order chi connectivity index (χ0) is 22.4. The summed E-state index contributed by atoms with van der Waals surface area (Å²) in [6, 6.07) is 18.5. The molecular formula is C22H19ClN2O5S. The van der Waals surface area contributed by atoms with Crippen molar-refractivity contribution in [2.75, 3.05) is 16.6 Å². The Hall–Kier alpha value is -3.36. The lowest BCUT2D eigenvalue weighted by Gasteiger charge is -2.11.